The van der Waals surface area contributed by atoms with E-state index < -0.39 is 23.9 Å². The molecule has 0 aromatic heterocycles. The van der Waals surface area contributed by atoms with Gasteiger partial charge in [0.25, 0.3) is 0 Å². The van der Waals surface area contributed by atoms with Crippen molar-refractivity contribution in [1.29, 1.82) is 0 Å². The molecule has 4 unspecified atom stereocenters. The summed E-state index contributed by atoms with van der Waals surface area (Å²) in [7, 11) is 0. The van der Waals surface area contributed by atoms with Crippen LogP contribution in [0.15, 0.2) is 0 Å². The molecule has 7 N–H and O–H groups in total. The largest absolute Gasteiger partial charge is 0.480 e. The van der Waals surface area contributed by atoms with Gasteiger partial charge in [-0.25, -0.2) is 0 Å². The third kappa shape index (κ3) is 10.0. The van der Waals surface area contributed by atoms with Crippen molar-refractivity contribution >= 4 is 17.9 Å². The molecule has 0 bridgehead atoms. The lowest BCUT2D eigenvalue weighted by Crippen LogP contribution is -2.36. The fourth-order valence-corrected chi connectivity index (χ4v) is 2.29. The molecule has 146 valence electrons. The lowest BCUT2D eigenvalue weighted by molar-refractivity contribution is -0.140. The Labute approximate surface area is 148 Å². The average molecular weight is 361 g/mol. The van der Waals surface area contributed by atoms with Gasteiger partial charge in [-0.05, 0) is 44.7 Å². The quantitative estimate of drug-likeness (QED) is 0.398. The predicted octanol–water partition coefficient (Wildman–Crippen LogP) is 0.0904. The van der Waals surface area contributed by atoms with Crippen LogP contribution in [-0.2, 0) is 14.4 Å². The van der Waals surface area contributed by atoms with E-state index in [0.717, 1.165) is 45.2 Å². The summed E-state index contributed by atoms with van der Waals surface area (Å²) in [5.41, 5.74) is 5.27. The molecule has 2 aliphatic heterocycles. The van der Waals surface area contributed by atoms with Gasteiger partial charge in [-0.3, -0.25) is 14.4 Å². The first-order valence-electron chi connectivity index (χ1n) is 8.61. The fraction of sp³-hybridized carbons (Fsp3) is 0.812. The van der Waals surface area contributed by atoms with E-state index in [1.54, 1.807) is 0 Å². The van der Waals surface area contributed by atoms with Crippen molar-refractivity contribution in [3.63, 3.8) is 0 Å². The minimum Gasteiger partial charge on any atom is -0.480 e. The summed E-state index contributed by atoms with van der Waals surface area (Å²) in [5.74, 6) is -2.28. The Bertz CT molecular complexity index is 394. The summed E-state index contributed by atoms with van der Waals surface area (Å²) in [6.07, 6.45) is 4.38. The highest BCUT2D eigenvalue weighted by Gasteiger charge is 2.21. The summed E-state index contributed by atoms with van der Waals surface area (Å²) in [4.78, 5) is 30.5. The van der Waals surface area contributed by atoms with Crippen LogP contribution < -0.4 is 16.4 Å². The maximum atomic E-state index is 10.2. The molecule has 0 saturated carbocycles. The molecule has 2 rings (SSSR count). The Morgan fingerprint density at radius 1 is 1.00 bits per heavy atom. The third-order valence-electron chi connectivity index (χ3n) is 4.26. The fourth-order valence-electron chi connectivity index (χ4n) is 2.29. The molecule has 2 fully saturated rings. The van der Waals surface area contributed by atoms with Crippen LogP contribution in [-0.4, -0.2) is 64.4 Å². The minimum atomic E-state index is -0.913. The highest BCUT2D eigenvalue weighted by Crippen LogP contribution is 2.05. The van der Waals surface area contributed by atoms with Crippen molar-refractivity contribution in [2.75, 3.05) is 13.1 Å². The van der Waals surface area contributed by atoms with Crippen molar-refractivity contribution in [3.05, 3.63) is 0 Å². The van der Waals surface area contributed by atoms with Crippen LogP contribution in [0.3, 0.4) is 0 Å². The second-order valence-electron chi connectivity index (χ2n) is 6.22. The number of nitrogens with two attached hydrogens (primary N) is 1. The van der Waals surface area contributed by atoms with E-state index in [0.29, 0.717) is 0 Å². The van der Waals surface area contributed by atoms with Gasteiger partial charge in [-0.15, -0.1) is 0 Å². The van der Waals surface area contributed by atoms with Crippen molar-refractivity contribution in [3.8, 4) is 0 Å². The van der Waals surface area contributed by atoms with E-state index in [4.69, 9.17) is 21.1 Å². The number of hydrogen-bond acceptors (Lipinski definition) is 6. The zero-order valence-electron chi connectivity index (χ0n) is 14.9. The van der Waals surface area contributed by atoms with Gasteiger partial charge in [0, 0.05) is 0 Å². The van der Waals surface area contributed by atoms with E-state index in [-0.39, 0.29) is 18.0 Å². The highest BCUT2D eigenvalue weighted by atomic mass is 16.4. The summed E-state index contributed by atoms with van der Waals surface area (Å²) >= 11 is 0. The van der Waals surface area contributed by atoms with E-state index in [1.165, 1.54) is 0 Å². The van der Waals surface area contributed by atoms with Crippen molar-refractivity contribution < 1.29 is 29.7 Å². The first kappa shape index (κ1) is 23.3. The molecule has 0 amide bonds. The summed E-state index contributed by atoms with van der Waals surface area (Å²) < 4.78 is 0. The smallest absolute Gasteiger partial charge is 0.320 e. The predicted molar refractivity (Wildman–Crippen MR) is 92.4 cm³/mol. The number of aliphatic carboxylic acids is 3. The number of rotatable bonds is 5. The zero-order chi connectivity index (χ0) is 19.4. The summed E-state index contributed by atoms with van der Waals surface area (Å²) in [5, 5.41) is 30.8. The molecule has 0 spiro atoms. The Hall–Kier alpha value is -1.71. The first-order chi connectivity index (χ1) is 11.7. The maximum Gasteiger partial charge on any atom is 0.320 e. The third-order valence-corrected chi connectivity index (χ3v) is 4.26. The Kier molecular flexibility index (Phi) is 11.8. The second kappa shape index (κ2) is 12.6. The van der Waals surface area contributed by atoms with Gasteiger partial charge in [-0.1, -0.05) is 20.3 Å². The monoisotopic (exact) mass is 361 g/mol. The van der Waals surface area contributed by atoms with Gasteiger partial charge in [0.05, 0.1) is 0 Å². The number of carboxylic acid groups (broad SMARTS) is 3. The Morgan fingerprint density at radius 3 is 1.52 bits per heavy atom. The summed E-state index contributed by atoms with van der Waals surface area (Å²) in [6, 6.07) is -1.24. The number of nitrogens with one attached hydrogen (secondary N) is 2. The van der Waals surface area contributed by atoms with Crippen LogP contribution in [0.4, 0.5) is 0 Å². The molecule has 0 radical (unpaired) electrons. The molecule has 4 atom stereocenters. The van der Waals surface area contributed by atoms with E-state index in [2.05, 4.69) is 10.6 Å². The van der Waals surface area contributed by atoms with Gasteiger partial charge in [-0.2, -0.15) is 0 Å². The molecule has 2 heterocycles. The number of carbonyl (C=O) groups is 3. The maximum absolute atomic E-state index is 10.2. The second-order valence-corrected chi connectivity index (χ2v) is 6.22. The standard InChI is InChI=1S/C6H13NO2.2C5H9NO2/c1-3-4(2)5(7)6(8)9;2*7-5(8)4-2-1-3-6-4/h4-5H,3,7H2,1-2H3,(H,8,9);2*4,6H,1-3H2,(H,7,8). The first-order valence-corrected chi connectivity index (χ1v) is 8.61. The van der Waals surface area contributed by atoms with Crippen LogP contribution in [0, 0.1) is 5.92 Å². The van der Waals surface area contributed by atoms with Crippen molar-refractivity contribution in [2.45, 2.75) is 64.1 Å². The van der Waals surface area contributed by atoms with Crippen LogP contribution in [0.25, 0.3) is 0 Å². The molecule has 0 aliphatic carbocycles. The minimum absolute atomic E-state index is 0.0718. The SMILES string of the molecule is CCC(C)C(N)C(=O)O.O=C(O)C1CCCN1.O=C(O)C1CCCN1. The van der Waals surface area contributed by atoms with Crippen LogP contribution in [0.1, 0.15) is 46.0 Å². The molecule has 2 aliphatic rings. The van der Waals surface area contributed by atoms with Gasteiger partial charge in [0.15, 0.2) is 0 Å². The molecule has 9 nitrogen and oxygen atoms in total. The molecule has 9 heteroatoms. The van der Waals surface area contributed by atoms with Gasteiger partial charge in [0.2, 0.25) is 0 Å². The Morgan fingerprint density at radius 2 is 1.40 bits per heavy atom. The van der Waals surface area contributed by atoms with Gasteiger partial charge < -0.3 is 31.7 Å². The van der Waals surface area contributed by atoms with Gasteiger partial charge >= 0.3 is 17.9 Å². The van der Waals surface area contributed by atoms with Crippen molar-refractivity contribution in [2.24, 2.45) is 11.7 Å². The molecule has 2 saturated heterocycles. The molecular formula is C16H31N3O6. The van der Waals surface area contributed by atoms with Gasteiger partial charge in [0.1, 0.15) is 18.1 Å². The summed E-state index contributed by atoms with van der Waals surface area (Å²) in [6.45, 7) is 5.47. The van der Waals surface area contributed by atoms with Crippen LogP contribution in [0.5, 0.6) is 0 Å². The van der Waals surface area contributed by atoms with E-state index in [1.807, 2.05) is 13.8 Å². The zero-order valence-corrected chi connectivity index (χ0v) is 14.9. The lowest BCUT2D eigenvalue weighted by Gasteiger charge is -2.11. The topological polar surface area (TPSA) is 162 Å². The Balaban J connectivity index is 0.000000346. The van der Waals surface area contributed by atoms with E-state index in [9.17, 15) is 14.4 Å². The van der Waals surface area contributed by atoms with Crippen LogP contribution in [0.2, 0.25) is 0 Å². The molecular weight excluding hydrogens is 330 g/mol. The average Bonchev–Trinajstić information content (AvgIpc) is 3.27. The number of hydrogen-bond donors (Lipinski definition) is 6. The molecule has 0 aromatic rings. The molecule has 0 aromatic carbocycles. The van der Waals surface area contributed by atoms with Crippen LogP contribution >= 0.6 is 0 Å². The van der Waals surface area contributed by atoms with E-state index >= 15 is 0 Å². The van der Waals surface area contributed by atoms with Crippen molar-refractivity contribution in [1.82, 2.24) is 10.6 Å². The number of carboxylic acids is 3. The normalized spacial score (nSPS) is 24.1. The lowest BCUT2D eigenvalue weighted by atomic mass is 10.0. The highest BCUT2D eigenvalue weighted by molar-refractivity contribution is 5.74. The molecule has 25 heavy (non-hydrogen) atoms.